The smallest absolute Gasteiger partial charge is 0.183 e. The van der Waals surface area contributed by atoms with Crippen LogP contribution in [0.5, 0.6) is 0 Å². The van der Waals surface area contributed by atoms with Gasteiger partial charge in [0.05, 0.1) is 26.3 Å². The van der Waals surface area contributed by atoms with Gasteiger partial charge in [-0.15, -0.1) is 0 Å². The van der Waals surface area contributed by atoms with Gasteiger partial charge in [-0.25, -0.2) is 16.8 Å². The van der Waals surface area contributed by atoms with Crippen molar-refractivity contribution in [3.8, 4) is 0 Å². The summed E-state index contributed by atoms with van der Waals surface area (Å²) in [5.74, 6) is -0.533. The molecule has 4 atom stereocenters. The van der Waals surface area contributed by atoms with E-state index in [1.54, 1.807) is 42.5 Å². The summed E-state index contributed by atoms with van der Waals surface area (Å²) in [7, 11) is -8.14. The van der Waals surface area contributed by atoms with Crippen LogP contribution in [-0.2, 0) is 19.7 Å². The molecule has 2 aromatic rings. The van der Waals surface area contributed by atoms with E-state index in [4.69, 9.17) is 5.53 Å². The number of nitrogens with zero attached hydrogens (tertiary/aromatic N) is 3. The molecule has 0 aromatic heterocycles. The van der Waals surface area contributed by atoms with Gasteiger partial charge in [0.15, 0.2) is 19.7 Å². The zero-order valence-electron chi connectivity index (χ0n) is 15.7. The molecule has 0 heterocycles. The van der Waals surface area contributed by atoms with Crippen LogP contribution in [0.1, 0.15) is 13.3 Å². The fourth-order valence-corrected chi connectivity index (χ4v) is 8.65. The molecule has 0 saturated carbocycles. The first kappa shape index (κ1) is 21.1. The van der Waals surface area contributed by atoms with Gasteiger partial charge in [-0.2, -0.15) is 0 Å². The molecule has 0 radical (unpaired) electrons. The molecular weight excluding hydrogens is 410 g/mol. The summed E-state index contributed by atoms with van der Waals surface area (Å²) in [6, 6.07) is 14.3. The quantitative estimate of drug-likeness (QED) is 0.298. The average molecular weight is 432 g/mol. The van der Waals surface area contributed by atoms with Crippen LogP contribution in [0.2, 0.25) is 0 Å². The molecule has 1 aliphatic rings. The van der Waals surface area contributed by atoms with Crippen LogP contribution in [0.25, 0.3) is 10.4 Å². The van der Waals surface area contributed by atoms with Crippen LogP contribution >= 0.6 is 0 Å². The molecule has 7 nitrogen and oxygen atoms in total. The predicted octanol–water partition coefficient (Wildman–Crippen LogP) is 3.95. The van der Waals surface area contributed by atoms with E-state index in [2.05, 4.69) is 10.0 Å². The number of sulfone groups is 2. The van der Waals surface area contributed by atoms with E-state index in [0.29, 0.717) is 6.42 Å². The number of hydrogen-bond acceptors (Lipinski definition) is 5. The lowest BCUT2D eigenvalue weighted by atomic mass is 9.90. The molecule has 1 aliphatic carbocycles. The second-order valence-electron chi connectivity index (χ2n) is 6.80. The Labute approximate surface area is 170 Å². The Hall–Kier alpha value is -2.61. The van der Waals surface area contributed by atoms with Gasteiger partial charge in [0, 0.05) is 4.91 Å². The highest BCUT2D eigenvalue weighted by Crippen LogP contribution is 2.38. The van der Waals surface area contributed by atoms with Crippen molar-refractivity contribution in [3.63, 3.8) is 0 Å². The van der Waals surface area contributed by atoms with E-state index < -0.39 is 42.1 Å². The molecule has 0 N–H and O–H groups in total. The van der Waals surface area contributed by atoms with E-state index in [-0.39, 0.29) is 9.79 Å². The van der Waals surface area contributed by atoms with Crippen molar-refractivity contribution in [1.82, 2.24) is 0 Å². The molecule has 152 valence electrons. The lowest BCUT2D eigenvalue weighted by molar-refractivity contribution is 0.463. The standard InChI is InChI=1S/C20H21N3O4S2/c1-2-15-13-14-18(22-23-21)20(29(26,27)17-11-7-4-8-12-17)19(15)28(24,25)16-9-5-3-6-10-16/h3-15,18-20H,2H2,1H3/t15-,18+,19+,20+/m0/s1. The summed E-state index contributed by atoms with van der Waals surface area (Å²) in [4.78, 5) is 2.82. The topological polar surface area (TPSA) is 117 Å². The number of allylic oxidation sites excluding steroid dienone is 1. The van der Waals surface area contributed by atoms with Gasteiger partial charge in [-0.05, 0) is 42.1 Å². The summed E-state index contributed by atoms with van der Waals surface area (Å²) in [6.07, 6.45) is 3.59. The molecule has 0 bridgehead atoms. The summed E-state index contributed by atoms with van der Waals surface area (Å²) < 4.78 is 54.2. The van der Waals surface area contributed by atoms with Crippen LogP contribution < -0.4 is 0 Å². The van der Waals surface area contributed by atoms with Gasteiger partial charge >= 0.3 is 0 Å². The number of hydrogen-bond donors (Lipinski definition) is 0. The molecule has 0 spiro atoms. The number of benzene rings is 2. The van der Waals surface area contributed by atoms with Gasteiger partial charge in [-0.1, -0.05) is 60.6 Å². The van der Waals surface area contributed by atoms with Gasteiger partial charge in [0.1, 0.15) is 0 Å². The van der Waals surface area contributed by atoms with Crippen LogP contribution in [-0.4, -0.2) is 33.4 Å². The SMILES string of the molecule is CC[C@H]1C=C[C@@H](N=[N+]=[N-])[C@@H](S(=O)(=O)c2ccccc2)[C@@H]1S(=O)(=O)c1ccccc1. The van der Waals surface area contributed by atoms with E-state index >= 15 is 0 Å². The second-order valence-corrected chi connectivity index (χ2v) is 11.0. The predicted molar refractivity (Wildman–Crippen MR) is 111 cm³/mol. The van der Waals surface area contributed by atoms with Crippen molar-refractivity contribution in [2.45, 2.75) is 39.7 Å². The molecule has 0 amide bonds. The van der Waals surface area contributed by atoms with Crippen LogP contribution in [0.4, 0.5) is 0 Å². The fourth-order valence-electron chi connectivity index (χ4n) is 3.75. The third-order valence-electron chi connectivity index (χ3n) is 5.15. The fraction of sp³-hybridized carbons (Fsp3) is 0.300. The maximum absolute atomic E-state index is 13.6. The Morgan fingerprint density at radius 3 is 1.76 bits per heavy atom. The van der Waals surface area contributed by atoms with Crippen LogP contribution in [0.3, 0.4) is 0 Å². The van der Waals surface area contributed by atoms with Crippen molar-refractivity contribution < 1.29 is 16.8 Å². The van der Waals surface area contributed by atoms with E-state index in [9.17, 15) is 16.8 Å². The molecule has 0 saturated heterocycles. The van der Waals surface area contributed by atoms with Gasteiger partial charge < -0.3 is 0 Å². The molecule has 9 heteroatoms. The Morgan fingerprint density at radius 1 is 0.828 bits per heavy atom. The highest BCUT2D eigenvalue weighted by atomic mass is 32.2. The Kier molecular flexibility index (Phi) is 6.12. The molecule has 0 unspecified atom stereocenters. The lowest BCUT2D eigenvalue weighted by Gasteiger charge is -2.37. The second kappa shape index (κ2) is 8.41. The van der Waals surface area contributed by atoms with Crippen molar-refractivity contribution in [3.05, 3.63) is 83.3 Å². The van der Waals surface area contributed by atoms with E-state index in [1.807, 2.05) is 6.92 Å². The maximum Gasteiger partial charge on any atom is 0.183 e. The average Bonchev–Trinajstić information content (AvgIpc) is 2.74. The van der Waals surface area contributed by atoms with Crippen LogP contribution in [0.15, 0.2) is 87.7 Å². The van der Waals surface area contributed by atoms with Crippen molar-refractivity contribution in [2.24, 2.45) is 11.0 Å². The van der Waals surface area contributed by atoms with E-state index in [0.717, 1.165) is 0 Å². The van der Waals surface area contributed by atoms with E-state index in [1.165, 1.54) is 30.3 Å². The van der Waals surface area contributed by atoms with Crippen LogP contribution in [0, 0.1) is 5.92 Å². The van der Waals surface area contributed by atoms with Gasteiger partial charge in [-0.3, -0.25) is 0 Å². The highest BCUT2D eigenvalue weighted by Gasteiger charge is 2.50. The minimum atomic E-state index is -4.11. The first-order chi connectivity index (χ1) is 13.8. The third kappa shape index (κ3) is 3.94. The van der Waals surface area contributed by atoms with Crippen molar-refractivity contribution in [2.75, 3.05) is 0 Å². The zero-order valence-corrected chi connectivity index (χ0v) is 17.4. The first-order valence-corrected chi connectivity index (χ1v) is 12.2. The lowest BCUT2D eigenvalue weighted by Crippen LogP contribution is -2.51. The Bertz CT molecular complexity index is 1140. The van der Waals surface area contributed by atoms with Crippen molar-refractivity contribution in [1.29, 1.82) is 0 Å². The largest absolute Gasteiger partial charge is 0.223 e. The van der Waals surface area contributed by atoms with Gasteiger partial charge in [0.2, 0.25) is 0 Å². The van der Waals surface area contributed by atoms with Crippen molar-refractivity contribution >= 4 is 19.7 Å². The normalized spacial score (nSPS) is 24.6. The summed E-state index contributed by atoms with van der Waals surface area (Å²) >= 11 is 0. The first-order valence-electron chi connectivity index (χ1n) is 9.14. The Balaban J connectivity index is 2.26. The highest BCUT2D eigenvalue weighted by molar-refractivity contribution is 7.96. The molecule has 29 heavy (non-hydrogen) atoms. The monoisotopic (exact) mass is 431 g/mol. The molecule has 0 fully saturated rings. The molecule has 2 aromatic carbocycles. The third-order valence-corrected chi connectivity index (χ3v) is 9.83. The number of azide groups is 1. The molecular formula is C20H21N3O4S2. The minimum absolute atomic E-state index is 0.00144. The summed E-state index contributed by atoms with van der Waals surface area (Å²) in [6.45, 7) is 1.81. The summed E-state index contributed by atoms with van der Waals surface area (Å²) in [5.41, 5.74) is 8.98. The van der Waals surface area contributed by atoms with Gasteiger partial charge in [0.25, 0.3) is 0 Å². The number of rotatable bonds is 6. The zero-order chi connectivity index (χ0) is 21.1. The Morgan fingerprint density at radius 2 is 1.31 bits per heavy atom. The molecule has 3 rings (SSSR count). The molecule has 0 aliphatic heterocycles. The minimum Gasteiger partial charge on any atom is -0.223 e. The maximum atomic E-state index is 13.6. The summed E-state index contributed by atoms with van der Waals surface area (Å²) in [5, 5.41) is 0.926.